The Morgan fingerprint density at radius 3 is 1.74 bits per heavy atom. The summed E-state index contributed by atoms with van der Waals surface area (Å²) < 4.78 is 0. The van der Waals surface area contributed by atoms with Crippen LogP contribution < -0.4 is 0 Å². The van der Waals surface area contributed by atoms with Crippen LogP contribution in [-0.4, -0.2) is 0 Å². The molecule has 0 heteroatoms. The molecular formula is C31H46. The van der Waals surface area contributed by atoms with Gasteiger partial charge in [0.15, 0.2) is 0 Å². The Morgan fingerprint density at radius 2 is 1.13 bits per heavy atom. The van der Waals surface area contributed by atoms with Crippen LogP contribution in [0.1, 0.15) is 121 Å². The van der Waals surface area contributed by atoms with E-state index in [1.54, 1.807) is 5.56 Å². The molecule has 3 rings (SSSR count). The number of rotatable bonds is 13. The van der Waals surface area contributed by atoms with E-state index in [4.69, 9.17) is 0 Å². The summed E-state index contributed by atoms with van der Waals surface area (Å²) in [4.78, 5) is 0. The van der Waals surface area contributed by atoms with Crippen LogP contribution in [-0.2, 0) is 6.42 Å². The van der Waals surface area contributed by atoms with Crippen LogP contribution in [0, 0.1) is 5.92 Å². The minimum Gasteiger partial charge on any atom is -0.0654 e. The van der Waals surface area contributed by atoms with E-state index in [1.165, 1.54) is 113 Å². The number of hydrogen-bond donors (Lipinski definition) is 0. The van der Waals surface area contributed by atoms with Crippen molar-refractivity contribution in [2.24, 2.45) is 5.92 Å². The average Bonchev–Trinajstić information content (AvgIpc) is 2.83. The fourth-order valence-electron chi connectivity index (χ4n) is 5.38. The first-order valence-corrected chi connectivity index (χ1v) is 13.5. The van der Waals surface area contributed by atoms with E-state index in [-0.39, 0.29) is 0 Å². The lowest BCUT2D eigenvalue weighted by molar-refractivity contribution is 0.304. The van der Waals surface area contributed by atoms with E-state index in [0.29, 0.717) is 0 Å². The molecule has 0 saturated heterocycles. The maximum absolute atomic E-state index is 2.40. The van der Waals surface area contributed by atoms with E-state index >= 15 is 0 Å². The van der Waals surface area contributed by atoms with Gasteiger partial charge in [-0.3, -0.25) is 0 Å². The summed E-state index contributed by atoms with van der Waals surface area (Å²) in [7, 11) is 0. The van der Waals surface area contributed by atoms with Gasteiger partial charge in [0.2, 0.25) is 0 Å². The molecule has 0 aliphatic heterocycles. The van der Waals surface area contributed by atoms with Crippen molar-refractivity contribution in [1.82, 2.24) is 0 Å². The summed E-state index contributed by atoms with van der Waals surface area (Å²) in [6.07, 6.45) is 20.8. The fraction of sp³-hybridized carbons (Fsp3) is 0.613. The van der Waals surface area contributed by atoms with Crippen LogP contribution in [0.2, 0.25) is 0 Å². The van der Waals surface area contributed by atoms with Crippen molar-refractivity contribution >= 4 is 0 Å². The van der Waals surface area contributed by atoms with Crippen molar-refractivity contribution in [3.8, 4) is 11.1 Å². The van der Waals surface area contributed by atoms with Gasteiger partial charge in [-0.2, -0.15) is 0 Å². The fourth-order valence-corrected chi connectivity index (χ4v) is 5.38. The van der Waals surface area contributed by atoms with E-state index < -0.39 is 0 Å². The molecule has 2 aromatic carbocycles. The first-order valence-electron chi connectivity index (χ1n) is 13.5. The van der Waals surface area contributed by atoms with Crippen molar-refractivity contribution in [1.29, 1.82) is 0 Å². The predicted octanol–water partition coefficient (Wildman–Crippen LogP) is 10.1. The predicted molar refractivity (Wildman–Crippen MR) is 138 cm³/mol. The molecule has 1 fully saturated rings. The molecule has 0 nitrogen and oxygen atoms in total. The number of aryl methyl sites for hydroxylation is 1. The largest absolute Gasteiger partial charge is 0.0654 e. The Kier molecular flexibility index (Phi) is 10.7. The lowest BCUT2D eigenvalue weighted by Crippen LogP contribution is -2.13. The van der Waals surface area contributed by atoms with Crippen molar-refractivity contribution < 1.29 is 0 Å². The highest BCUT2D eigenvalue weighted by atomic mass is 14.3. The Bertz CT molecular complexity index is 701. The highest BCUT2D eigenvalue weighted by Gasteiger charge is 2.21. The molecule has 0 unspecified atom stereocenters. The molecule has 0 aromatic heterocycles. The first kappa shape index (κ1) is 24.1. The molecule has 0 heterocycles. The topological polar surface area (TPSA) is 0 Å². The molecule has 1 aliphatic carbocycles. The van der Waals surface area contributed by atoms with E-state index in [1.807, 2.05) is 0 Å². The molecule has 0 amide bonds. The van der Waals surface area contributed by atoms with Crippen LogP contribution in [0.3, 0.4) is 0 Å². The minimum absolute atomic E-state index is 0.788. The van der Waals surface area contributed by atoms with Gasteiger partial charge < -0.3 is 0 Å². The van der Waals surface area contributed by atoms with Crippen molar-refractivity contribution in [3.63, 3.8) is 0 Å². The summed E-state index contributed by atoms with van der Waals surface area (Å²) >= 11 is 0. The third-order valence-electron chi connectivity index (χ3n) is 7.55. The van der Waals surface area contributed by atoms with Gasteiger partial charge in [-0.05, 0) is 72.6 Å². The Labute approximate surface area is 192 Å². The summed E-state index contributed by atoms with van der Waals surface area (Å²) in [6.45, 7) is 4.61. The molecule has 0 N–H and O–H groups in total. The summed E-state index contributed by atoms with van der Waals surface area (Å²) in [5.74, 6) is 1.78. The molecule has 31 heavy (non-hydrogen) atoms. The maximum Gasteiger partial charge on any atom is -0.0162 e. The maximum atomic E-state index is 2.40. The van der Waals surface area contributed by atoms with Gasteiger partial charge in [-0.15, -0.1) is 0 Å². The van der Waals surface area contributed by atoms with Crippen molar-refractivity contribution in [2.45, 2.75) is 116 Å². The van der Waals surface area contributed by atoms with Gasteiger partial charge in [-0.25, -0.2) is 0 Å². The van der Waals surface area contributed by atoms with Gasteiger partial charge in [0.1, 0.15) is 0 Å². The standard InChI is InChI=1S/C31H46/c1-3-5-7-8-9-10-11-13-27-16-20-29(21-17-27)31-24-22-30(23-25-31)28-18-14-26(15-19-28)12-6-4-2/h16-17,20-26,28H,3-15,18-19H2,1-2H3. The zero-order chi connectivity index (χ0) is 21.7. The molecule has 0 spiro atoms. The van der Waals surface area contributed by atoms with E-state index in [0.717, 1.165) is 11.8 Å². The zero-order valence-corrected chi connectivity index (χ0v) is 20.4. The average molecular weight is 419 g/mol. The molecular weight excluding hydrogens is 372 g/mol. The normalized spacial score (nSPS) is 18.9. The zero-order valence-electron chi connectivity index (χ0n) is 20.4. The Balaban J connectivity index is 1.42. The van der Waals surface area contributed by atoms with Gasteiger partial charge in [-0.1, -0.05) is 120 Å². The highest BCUT2D eigenvalue weighted by molar-refractivity contribution is 5.64. The molecule has 0 radical (unpaired) electrons. The van der Waals surface area contributed by atoms with Crippen LogP contribution in [0.15, 0.2) is 48.5 Å². The summed E-state index contributed by atoms with van der Waals surface area (Å²) in [6, 6.07) is 18.8. The SMILES string of the molecule is CCCCCCCCCc1ccc(-c2ccc(C3CCC(CCCC)CC3)cc2)cc1. The van der Waals surface area contributed by atoms with Crippen LogP contribution in [0.25, 0.3) is 11.1 Å². The Hall–Kier alpha value is -1.56. The van der Waals surface area contributed by atoms with Crippen molar-refractivity contribution in [2.75, 3.05) is 0 Å². The summed E-state index contributed by atoms with van der Waals surface area (Å²) in [5.41, 5.74) is 5.78. The van der Waals surface area contributed by atoms with Gasteiger partial charge in [0, 0.05) is 0 Å². The molecule has 1 saturated carbocycles. The minimum atomic E-state index is 0.788. The second kappa shape index (κ2) is 13.8. The van der Waals surface area contributed by atoms with Crippen LogP contribution in [0.4, 0.5) is 0 Å². The molecule has 2 aromatic rings. The van der Waals surface area contributed by atoms with E-state index in [2.05, 4.69) is 62.4 Å². The summed E-state index contributed by atoms with van der Waals surface area (Å²) in [5, 5.41) is 0. The third-order valence-corrected chi connectivity index (χ3v) is 7.55. The number of benzene rings is 2. The monoisotopic (exact) mass is 418 g/mol. The van der Waals surface area contributed by atoms with Crippen LogP contribution >= 0.6 is 0 Å². The quantitative estimate of drug-likeness (QED) is 0.284. The highest BCUT2D eigenvalue weighted by Crippen LogP contribution is 2.38. The second-order valence-corrected chi connectivity index (χ2v) is 10.1. The van der Waals surface area contributed by atoms with E-state index in [9.17, 15) is 0 Å². The van der Waals surface area contributed by atoms with Crippen molar-refractivity contribution in [3.05, 3.63) is 59.7 Å². The third kappa shape index (κ3) is 8.13. The van der Waals surface area contributed by atoms with Gasteiger partial charge in [0.05, 0.1) is 0 Å². The van der Waals surface area contributed by atoms with Crippen LogP contribution in [0.5, 0.6) is 0 Å². The van der Waals surface area contributed by atoms with Gasteiger partial charge in [0.25, 0.3) is 0 Å². The molecule has 1 aliphatic rings. The Morgan fingerprint density at radius 1 is 0.581 bits per heavy atom. The molecule has 0 bridgehead atoms. The smallest absolute Gasteiger partial charge is 0.0162 e. The van der Waals surface area contributed by atoms with Gasteiger partial charge >= 0.3 is 0 Å². The molecule has 0 atom stereocenters. The number of hydrogen-bond acceptors (Lipinski definition) is 0. The first-order chi connectivity index (χ1) is 15.3. The molecule has 170 valence electrons. The second-order valence-electron chi connectivity index (χ2n) is 10.1. The lowest BCUT2D eigenvalue weighted by Gasteiger charge is -2.29. The number of unbranched alkanes of at least 4 members (excludes halogenated alkanes) is 7. The lowest BCUT2D eigenvalue weighted by atomic mass is 9.77.